The highest BCUT2D eigenvalue weighted by Gasteiger charge is 2.42. The van der Waals surface area contributed by atoms with E-state index >= 15 is 0 Å². The minimum Gasteiger partial charge on any atom is -0.486 e. The molecule has 0 bridgehead atoms. The number of nitrogens with one attached hydrogen (secondary N) is 1. The van der Waals surface area contributed by atoms with Crippen LogP contribution in [0.4, 0.5) is 0 Å². The average Bonchev–Trinajstić information content (AvgIpc) is 3.31. The van der Waals surface area contributed by atoms with Gasteiger partial charge in [-0.05, 0) is 43.4 Å². The molecule has 2 N–H and O–H groups in total. The van der Waals surface area contributed by atoms with Gasteiger partial charge in [-0.1, -0.05) is 18.9 Å². The summed E-state index contributed by atoms with van der Waals surface area (Å²) in [4.78, 5) is 23.8. The molecule has 3 aliphatic rings. The Hall–Kier alpha value is -2.28. The highest BCUT2D eigenvalue weighted by Crippen LogP contribution is 2.42. The topological polar surface area (TPSA) is 94.1 Å². The van der Waals surface area contributed by atoms with Gasteiger partial charge in [0.1, 0.15) is 19.3 Å². The zero-order valence-corrected chi connectivity index (χ0v) is 14.5. The molecule has 0 spiro atoms. The average molecular weight is 361 g/mol. The summed E-state index contributed by atoms with van der Waals surface area (Å²) in [6.45, 7) is 1.06. The maximum atomic E-state index is 12.8. The van der Waals surface area contributed by atoms with E-state index in [1.807, 2.05) is 18.2 Å². The lowest BCUT2D eigenvalue weighted by Gasteiger charge is -2.33. The molecule has 1 saturated heterocycles. The molecule has 0 radical (unpaired) electrons. The van der Waals surface area contributed by atoms with Gasteiger partial charge in [0, 0.05) is 0 Å². The second kappa shape index (κ2) is 6.79. The molecule has 2 atom stereocenters. The quantitative estimate of drug-likeness (QED) is 0.852. The Morgan fingerprint density at radius 3 is 2.42 bits per heavy atom. The monoisotopic (exact) mass is 361 g/mol. The Labute approximate surface area is 151 Å². The third-order valence-corrected chi connectivity index (χ3v) is 5.50. The lowest BCUT2D eigenvalue weighted by molar-refractivity contribution is -0.152. The van der Waals surface area contributed by atoms with E-state index < -0.39 is 23.7 Å². The zero-order valence-electron chi connectivity index (χ0n) is 14.5. The molecule has 1 aromatic rings. The highest BCUT2D eigenvalue weighted by atomic mass is 16.6. The van der Waals surface area contributed by atoms with Crippen LogP contribution >= 0.6 is 0 Å². The van der Waals surface area contributed by atoms with Crippen LogP contribution < -0.4 is 14.8 Å². The minimum atomic E-state index is -1.01. The van der Waals surface area contributed by atoms with E-state index in [2.05, 4.69) is 5.32 Å². The second-order valence-corrected chi connectivity index (χ2v) is 7.17. The third kappa shape index (κ3) is 3.11. The number of carbonyl (C=O) groups excluding carboxylic acids is 1. The van der Waals surface area contributed by atoms with E-state index in [0.717, 1.165) is 37.0 Å². The van der Waals surface area contributed by atoms with Crippen LogP contribution in [0.1, 0.15) is 44.1 Å². The third-order valence-electron chi connectivity index (χ3n) is 5.50. The van der Waals surface area contributed by atoms with Crippen LogP contribution in [0.25, 0.3) is 0 Å². The fraction of sp³-hybridized carbons (Fsp3) is 0.579. The Balaban J connectivity index is 1.54. The molecule has 1 saturated carbocycles. The van der Waals surface area contributed by atoms with Crippen molar-refractivity contribution in [3.63, 3.8) is 0 Å². The first kappa shape index (κ1) is 17.1. The molecule has 1 aliphatic carbocycles. The van der Waals surface area contributed by atoms with Gasteiger partial charge in [-0.2, -0.15) is 0 Å². The highest BCUT2D eigenvalue weighted by molar-refractivity contribution is 5.83. The van der Waals surface area contributed by atoms with Gasteiger partial charge < -0.3 is 24.6 Å². The first-order valence-electron chi connectivity index (χ1n) is 9.18. The molecule has 2 heterocycles. The number of carbonyl (C=O) groups is 2. The maximum Gasteiger partial charge on any atom is 0.332 e. The SMILES string of the molecule is O=C(NC1(c2ccc3c(c2)OCCO3)CCCC1)[C@@H]1CC[C@H](C(=O)O)O1. The Kier molecular flexibility index (Phi) is 4.48. The molecule has 7 heteroatoms. The van der Waals surface area contributed by atoms with Gasteiger partial charge in [0.05, 0.1) is 5.54 Å². The summed E-state index contributed by atoms with van der Waals surface area (Å²) in [6.07, 6.45) is 2.94. The van der Waals surface area contributed by atoms with Crippen LogP contribution in [0.2, 0.25) is 0 Å². The van der Waals surface area contributed by atoms with Crippen molar-refractivity contribution >= 4 is 11.9 Å². The molecule has 4 rings (SSSR count). The van der Waals surface area contributed by atoms with Gasteiger partial charge in [-0.25, -0.2) is 4.79 Å². The smallest absolute Gasteiger partial charge is 0.332 e. The maximum absolute atomic E-state index is 12.8. The number of benzene rings is 1. The fourth-order valence-corrected chi connectivity index (χ4v) is 4.13. The second-order valence-electron chi connectivity index (χ2n) is 7.17. The molecule has 7 nitrogen and oxygen atoms in total. The number of ether oxygens (including phenoxy) is 3. The van der Waals surface area contributed by atoms with E-state index in [1.165, 1.54) is 0 Å². The first-order valence-corrected chi connectivity index (χ1v) is 9.18. The molecule has 140 valence electrons. The van der Waals surface area contributed by atoms with E-state index in [0.29, 0.717) is 31.8 Å². The number of aliphatic carboxylic acids is 1. The summed E-state index contributed by atoms with van der Waals surface area (Å²) >= 11 is 0. The van der Waals surface area contributed by atoms with Crippen molar-refractivity contribution in [2.24, 2.45) is 0 Å². The van der Waals surface area contributed by atoms with Crippen LogP contribution in [0.15, 0.2) is 18.2 Å². The minimum absolute atomic E-state index is 0.231. The number of fused-ring (bicyclic) bond motifs is 1. The van der Waals surface area contributed by atoms with Crippen molar-refractivity contribution in [1.82, 2.24) is 5.32 Å². The fourth-order valence-electron chi connectivity index (χ4n) is 4.13. The van der Waals surface area contributed by atoms with Crippen molar-refractivity contribution in [1.29, 1.82) is 0 Å². The first-order chi connectivity index (χ1) is 12.6. The van der Waals surface area contributed by atoms with E-state index in [4.69, 9.17) is 19.3 Å². The summed E-state index contributed by atoms with van der Waals surface area (Å²) in [7, 11) is 0. The molecule has 26 heavy (non-hydrogen) atoms. The molecule has 1 aromatic carbocycles. The number of amides is 1. The van der Waals surface area contributed by atoms with Crippen LogP contribution in [0, 0.1) is 0 Å². The van der Waals surface area contributed by atoms with E-state index in [-0.39, 0.29) is 5.91 Å². The number of hydrogen-bond donors (Lipinski definition) is 2. The van der Waals surface area contributed by atoms with Crippen LogP contribution in [0.3, 0.4) is 0 Å². The van der Waals surface area contributed by atoms with Gasteiger partial charge >= 0.3 is 5.97 Å². The lowest BCUT2D eigenvalue weighted by atomic mass is 9.87. The van der Waals surface area contributed by atoms with Crippen molar-refractivity contribution < 1.29 is 28.9 Å². The molecule has 1 amide bonds. The zero-order chi connectivity index (χ0) is 18.1. The number of rotatable bonds is 4. The van der Waals surface area contributed by atoms with E-state index in [9.17, 15) is 9.59 Å². The Bertz CT molecular complexity index is 712. The molecule has 0 aromatic heterocycles. The lowest BCUT2D eigenvalue weighted by Crippen LogP contribution is -2.48. The molecule has 2 aliphatic heterocycles. The number of hydrogen-bond acceptors (Lipinski definition) is 5. The molecular weight excluding hydrogens is 338 g/mol. The normalized spacial score (nSPS) is 26.5. The summed E-state index contributed by atoms with van der Waals surface area (Å²) < 4.78 is 16.7. The predicted molar refractivity (Wildman–Crippen MR) is 91.3 cm³/mol. The van der Waals surface area contributed by atoms with Crippen LogP contribution in [0.5, 0.6) is 11.5 Å². The number of carboxylic acids is 1. The predicted octanol–water partition coefficient (Wildman–Crippen LogP) is 1.98. The largest absolute Gasteiger partial charge is 0.486 e. The Morgan fingerprint density at radius 2 is 1.73 bits per heavy atom. The summed E-state index contributed by atoms with van der Waals surface area (Å²) in [5.41, 5.74) is 0.540. The number of carboxylic acid groups (broad SMARTS) is 1. The van der Waals surface area contributed by atoms with Crippen molar-refractivity contribution in [3.05, 3.63) is 23.8 Å². The van der Waals surface area contributed by atoms with Gasteiger partial charge in [0.2, 0.25) is 5.91 Å². The van der Waals surface area contributed by atoms with Crippen molar-refractivity contribution in [2.75, 3.05) is 13.2 Å². The van der Waals surface area contributed by atoms with Gasteiger partial charge in [0.25, 0.3) is 0 Å². The summed E-state index contributed by atoms with van der Waals surface area (Å²) in [6, 6.07) is 5.83. The summed E-state index contributed by atoms with van der Waals surface area (Å²) in [5, 5.41) is 12.2. The molecule has 0 unspecified atom stereocenters. The standard InChI is InChI=1S/C19H23NO6/c21-17(14-5-6-15(26-14)18(22)23)20-19(7-1-2-8-19)12-3-4-13-16(11-12)25-10-9-24-13/h3-4,11,14-15H,1-2,5-10H2,(H,20,21)(H,22,23)/t14-,15+/m0/s1. The van der Waals surface area contributed by atoms with Crippen molar-refractivity contribution in [2.45, 2.75) is 56.3 Å². The van der Waals surface area contributed by atoms with Crippen LogP contribution in [-0.4, -0.2) is 42.4 Å². The van der Waals surface area contributed by atoms with Crippen molar-refractivity contribution in [3.8, 4) is 11.5 Å². The molecule has 2 fully saturated rings. The van der Waals surface area contributed by atoms with Gasteiger partial charge in [-0.15, -0.1) is 0 Å². The van der Waals surface area contributed by atoms with Gasteiger partial charge in [0.15, 0.2) is 17.6 Å². The van der Waals surface area contributed by atoms with Crippen LogP contribution in [-0.2, 0) is 19.9 Å². The summed E-state index contributed by atoms with van der Waals surface area (Å²) in [5.74, 6) is 0.188. The molecular formula is C19H23NO6. The van der Waals surface area contributed by atoms with E-state index in [1.54, 1.807) is 0 Å². The van der Waals surface area contributed by atoms with Gasteiger partial charge in [-0.3, -0.25) is 4.79 Å². The Morgan fingerprint density at radius 1 is 1.04 bits per heavy atom.